The van der Waals surface area contributed by atoms with Crippen molar-refractivity contribution >= 4 is 40.7 Å². The van der Waals surface area contributed by atoms with E-state index < -0.39 is 5.91 Å². The van der Waals surface area contributed by atoms with Crippen molar-refractivity contribution in [2.24, 2.45) is 0 Å². The lowest BCUT2D eigenvalue weighted by molar-refractivity contribution is 0.0961. The summed E-state index contributed by atoms with van der Waals surface area (Å²) in [6.07, 6.45) is 0.811. The molecule has 144 valence electrons. The monoisotopic (exact) mass is 410 g/mol. The molecule has 0 aromatic heterocycles. The molecule has 0 heterocycles. The SMILES string of the molecule is CCCOc1c(Cl)cc(C(=O)Nc2ccc(Cl)c(C(=O)NC)c2)cc1OC. The molecule has 2 amide bonds. The summed E-state index contributed by atoms with van der Waals surface area (Å²) < 4.78 is 10.9. The van der Waals surface area contributed by atoms with Gasteiger partial charge in [-0.05, 0) is 36.8 Å². The van der Waals surface area contributed by atoms with Crippen LogP contribution in [0.15, 0.2) is 30.3 Å². The molecule has 0 aliphatic rings. The highest BCUT2D eigenvalue weighted by atomic mass is 35.5. The third-order valence-electron chi connectivity index (χ3n) is 3.64. The van der Waals surface area contributed by atoms with Crippen LogP contribution in [0.3, 0.4) is 0 Å². The molecule has 0 aliphatic carbocycles. The van der Waals surface area contributed by atoms with Crippen LogP contribution in [0.1, 0.15) is 34.1 Å². The Morgan fingerprint density at radius 1 is 1.07 bits per heavy atom. The van der Waals surface area contributed by atoms with Crippen LogP contribution in [-0.2, 0) is 0 Å². The summed E-state index contributed by atoms with van der Waals surface area (Å²) >= 11 is 12.3. The molecule has 2 aromatic carbocycles. The Kier molecular flexibility index (Phi) is 7.33. The molecule has 6 nitrogen and oxygen atoms in total. The predicted octanol–water partition coefficient (Wildman–Crippen LogP) is 4.40. The lowest BCUT2D eigenvalue weighted by Crippen LogP contribution is -2.19. The number of anilines is 1. The summed E-state index contributed by atoms with van der Waals surface area (Å²) in [4.78, 5) is 24.4. The van der Waals surface area contributed by atoms with E-state index in [1.807, 2.05) is 6.92 Å². The number of hydrogen-bond acceptors (Lipinski definition) is 4. The normalized spacial score (nSPS) is 10.3. The van der Waals surface area contributed by atoms with Crippen molar-refractivity contribution in [3.63, 3.8) is 0 Å². The van der Waals surface area contributed by atoms with Gasteiger partial charge in [0, 0.05) is 18.3 Å². The number of methoxy groups -OCH3 is 1. The molecule has 0 saturated carbocycles. The van der Waals surface area contributed by atoms with E-state index in [0.717, 1.165) is 6.42 Å². The summed E-state index contributed by atoms with van der Waals surface area (Å²) in [6, 6.07) is 7.68. The molecule has 0 saturated heterocycles. The quantitative estimate of drug-likeness (QED) is 0.708. The van der Waals surface area contributed by atoms with Crippen LogP contribution in [0.2, 0.25) is 10.0 Å². The molecule has 0 spiro atoms. The highest BCUT2D eigenvalue weighted by Crippen LogP contribution is 2.36. The van der Waals surface area contributed by atoms with Crippen LogP contribution >= 0.6 is 23.2 Å². The molecule has 0 aliphatic heterocycles. The number of carbonyl (C=O) groups excluding carboxylic acids is 2. The second kappa shape index (κ2) is 9.48. The molecule has 0 bridgehead atoms. The van der Waals surface area contributed by atoms with Crippen molar-refractivity contribution in [2.75, 3.05) is 26.1 Å². The molecule has 0 radical (unpaired) electrons. The zero-order valence-electron chi connectivity index (χ0n) is 15.2. The van der Waals surface area contributed by atoms with Crippen molar-refractivity contribution in [1.82, 2.24) is 5.32 Å². The fourth-order valence-electron chi connectivity index (χ4n) is 2.31. The van der Waals surface area contributed by atoms with E-state index in [9.17, 15) is 9.59 Å². The zero-order chi connectivity index (χ0) is 20.0. The van der Waals surface area contributed by atoms with Crippen molar-refractivity contribution in [3.05, 3.63) is 51.5 Å². The van der Waals surface area contributed by atoms with Gasteiger partial charge in [-0.2, -0.15) is 0 Å². The van der Waals surface area contributed by atoms with Gasteiger partial charge in [0.05, 0.1) is 29.3 Å². The molecular formula is C19H20Cl2N2O4. The van der Waals surface area contributed by atoms with Crippen LogP contribution in [0.25, 0.3) is 0 Å². The van der Waals surface area contributed by atoms with Gasteiger partial charge in [0.25, 0.3) is 11.8 Å². The number of ether oxygens (including phenoxy) is 2. The summed E-state index contributed by atoms with van der Waals surface area (Å²) in [6.45, 7) is 2.45. The lowest BCUT2D eigenvalue weighted by atomic mass is 10.1. The standard InChI is InChI=1S/C19H20Cl2N2O4/c1-4-7-27-17-15(21)8-11(9-16(17)26-3)18(24)23-12-5-6-14(20)13(10-12)19(25)22-2/h5-6,8-10H,4,7H2,1-3H3,(H,22,25)(H,23,24). The Balaban J connectivity index is 2.28. The number of amides is 2. The Labute approximate surface area is 167 Å². The van der Waals surface area contributed by atoms with E-state index in [0.29, 0.717) is 23.8 Å². The molecule has 2 rings (SSSR count). The first-order chi connectivity index (χ1) is 12.9. The third-order valence-corrected chi connectivity index (χ3v) is 4.25. The molecule has 0 fully saturated rings. The number of carbonyl (C=O) groups is 2. The lowest BCUT2D eigenvalue weighted by Gasteiger charge is -2.14. The van der Waals surface area contributed by atoms with Crippen molar-refractivity contribution in [3.8, 4) is 11.5 Å². The van der Waals surface area contributed by atoms with E-state index in [4.69, 9.17) is 32.7 Å². The van der Waals surface area contributed by atoms with Gasteiger partial charge in [-0.15, -0.1) is 0 Å². The van der Waals surface area contributed by atoms with Crippen LogP contribution < -0.4 is 20.1 Å². The average molecular weight is 411 g/mol. The summed E-state index contributed by atoms with van der Waals surface area (Å²) in [5, 5.41) is 5.77. The first kappa shape index (κ1) is 20.9. The Hall–Kier alpha value is -2.44. The van der Waals surface area contributed by atoms with E-state index >= 15 is 0 Å². The van der Waals surface area contributed by atoms with E-state index in [1.54, 1.807) is 12.1 Å². The van der Waals surface area contributed by atoms with Gasteiger partial charge >= 0.3 is 0 Å². The van der Waals surface area contributed by atoms with Gasteiger partial charge in [0.1, 0.15) is 0 Å². The molecule has 27 heavy (non-hydrogen) atoms. The first-order valence-corrected chi connectivity index (χ1v) is 9.00. The number of hydrogen-bond donors (Lipinski definition) is 2. The van der Waals surface area contributed by atoms with Crippen LogP contribution in [0.5, 0.6) is 11.5 Å². The maximum atomic E-state index is 12.6. The Morgan fingerprint density at radius 3 is 2.44 bits per heavy atom. The van der Waals surface area contributed by atoms with Gasteiger partial charge in [0.2, 0.25) is 0 Å². The van der Waals surface area contributed by atoms with Crippen LogP contribution in [0, 0.1) is 0 Å². The largest absolute Gasteiger partial charge is 0.493 e. The fraction of sp³-hybridized carbons (Fsp3) is 0.263. The summed E-state index contributed by atoms with van der Waals surface area (Å²) in [5.41, 5.74) is 0.970. The molecule has 0 unspecified atom stereocenters. The summed E-state index contributed by atoms with van der Waals surface area (Å²) in [5.74, 6) is -0.00474. The molecule has 2 aromatic rings. The minimum absolute atomic E-state index is 0.260. The van der Waals surface area contributed by atoms with E-state index in [-0.39, 0.29) is 27.1 Å². The second-order valence-corrected chi connectivity index (χ2v) is 6.38. The van der Waals surface area contributed by atoms with Crippen LogP contribution in [0.4, 0.5) is 5.69 Å². The molecule has 2 N–H and O–H groups in total. The number of rotatable bonds is 7. The minimum atomic E-state index is -0.414. The van der Waals surface area contributed by atoms with Gasteiger partial charge in [-0.3, -0.25) is 9.59 Å². The van der Waals surface area contributed by atoms with Crippen LogP contribution in [-0.4, -0.2) is 32.6 Å². The van der Waals surface area contributed by atoms with Gasteiger partial charge < -0.3 is 20.1 Å². The van der Waals surface area contributed by atoms with E-state index in [1.165, 1.54) is 32.4 Å². The minimum Gasteiger partial charge on any atom is -0.493 e. The number of nitrogens with one attached hydrogen (secondary N) is 2. The Morgan fingerprint density at radius 2 is 1.81 bits per heavy atom. The molecule has 8 heteroatoms. The molecule has 0 atom stereocenters. The third kappa shape index (κ3) is 5.05. The van der Waals surface area contributed by atoms with Gasteiger partial charge in [0.15, 0.2) is 11.5 Å². The number of halogens is 2. The highest BCUT2D eigenvalue weighted by molar-refractivity contribution is 6.34. The van der Waals surface area contributed by atoms with Crippen molar-refractivity contribution in [1.29, 1.82) is 0 Å². The van der Waals surface area contributed by atoms with Gasteiger partial charge in [-0.1, -0.05) is 30.1 Å². The van der Waals surface area contributed by atoms with Gasteiger partial charge in [-0.25, -0.2) is 0 Å². The molecular weight excluding hydrogens is 391 g/mol. The smallest absolute Gasteiger partial charge is 0.255 e. The highest BCUT2D eigenvalue weighted by Gasteiger charge is 2.17. The van der Waals surface area contributed by atoms with Crippen molar-refractivity contribution < 1.29 is 19.1 Å². The second-order valence-electron chi connectivity index (χ2n) is 5.57. The maximum Gasteiger partial charge on any atom is 0.255 e. The fourth-order valence-corrected chi connectivity index (χ4v) is 2.78. The predicted molar refractivity (Wildman–Crippen MR) is 107 cm³/mol. The Bertz CT molecular complexity index is 856. The average Bonchev–Trinajstić information content (AvgIpc) is 2.67. The number of benzene rings is 2. The summed E-state index contributed by atoms with van der Waals surface area (Å²) in [7, 11) is 2.97. The van der Waals surface area contributed by atoms with Crippen molar-refractivity contribution in [2.45, 2.75) is 13.3 Å². The first-order valence-electron chi connectivity index (χ1n) is 8.24. The topological polar surface area (TPSA) is 76.7 Å². The zero-order valence-corrected chi connectivity index (χ0v) is 16.7. The maximum absolute atomic E-state index is 12.6. The van der Waals surface area contributed by atoms with E-state index in [2.05, 4.69) is 10.6 Å².